The molecule has 32 heavy (non-hydrogen) atoms. The Bertz CT molecular complexity index is 1420. The van der Waals surface area contributed by atoms with Gasteiger partial charge in [-0.25, -0.2) is 4.98 Å². The summed E-state index contributed by atoms with van der Waals surface area (Å²) in [5.41, 5.74) is 6.59. The van der Waals surface area contributed by atoms with Gasteiger partial charge in [0, 0.05) is 45.0 Å². The molecule has 1 amide bonds. The van der Waals surface area contributed by atoms with E-state index in [0.29, 0.717) is 6.54 Å². The van der Waals surface area contributed by atoms with Crippen molar-refractivity contribution in [1.82, 2.24) is 10.3 Å². The summed E-state index contributed by atoms with van der Waals surface area (Å²) in [6, 6.07) is 14.6. The summed E-state index contributed by atoms with van der Waals surface area (Å²) >= 11 is 1.52. The van der Waals surface area contributed by atoms with Crippen LogP contribution in [0.25, 0.3) is 32.2 Å². The van der Waals surface area contributed by atoms with Crippen LogP contribution in [0.2, 0.25) is 0 Å². The second-order valence-electron chi connectivity index (χ2n) is 8.15. The Labute approximate surface area is 190 Å². The number of rotatable bonds is 4. The van der Waals surface area contributed by atoms with Gasteiger partial charge in [-0.15, -0.1) is 11.3 Å². The van der Waals surface area contributed by atoms with Crippen molar-refractivity contribution in [3.8, 4) is 11.3 Å². The number of anilines is 2. The predicted octanol–water partition coefficient (Wildman–Crippen LogP) is 6.08. The van der Waals surface area contributed by atoms with E-state index in [1.54, 1.807) is 6.08 Å². The first-order valence-electron chi connectivity index (χ1n) is 10.5. The molecule has 3 N–H and O–H groups in total. The normalized spacial score (nSPS) is 15.6. The first-order chi connectivity index (χ1) is 15.4. The summed E-state index contributed by atoms with van der Waals surface area (Å²) in [7, 11) is 0. The van der Waals surface area contributed by atoms with Crippen molar-refractivity contribution < 1.29 is 4.79 Å². The van der Waals surface area contributed by atoms with Crippen molar-refractivity contribution in [2.24, 2.45) is 0 Å². The molecule has 0 fully saturated rings. The molecule has 0 saturated carbocycles. The number of aromatic nitrogens is 1. The summed E-state index contributed by atoms with van der Waals surface area (Å²) < 4.78 is 1.08. The number of thiophene rings is 1. The van der Waals surface area contributed by atoms with E-state index < -0.39 is 0 Å². The summed E-state index contributed by atoms with van der Waals surface area (Å²) in [6.45, 7) is 12.5. The number of nitrogens with zero attached hydrogens (tertiary/aromatic N) is 1. The Morgan fingerprint density at radius 2 is 2.09 bits per heavy atom. The summed E-state index contributed by atoms with van der Waals surface area (Å²) in [4.78, 5) is 18.3. The predicted molar refractivity (Wildman–Crippen MR) is 136 cm³/mol. The molecule has 0 aliphatic carbocycles. The molecule has 1 aliphatic rings. The molecule has 0 unspecified atom stereocenters. The molecule has 4 aromatic rings. The molecule has 160 valence electrons. The SMILES string of the molecule is C=CC(=C)Nc1cc(-c2ccc3c(ccc4sc5c(c43)NC[C@@H](C)NC5=O)n2)ccc1C. The van der Waals surface area contributed by atoms with Crippen LogP contribution >= 0.6 is 11.3 Å². The third-order valence-corrected chi connectivity index (χ3v) is 6.92. The van der Waals surface area contributed by atoms with Crippen LogP contribution in [-0.2, 0) is 0 Å². The molecule has 5 nitrogen and oxygen atoms in total. The number of aryl methyl sites for hydroxylation is 1. The molecular weight excluding hydrogens is 416 g/mol. The van der Waals surface area contributed by atoms with Crippen LogP contribution in [0.4, 0.5) is 11.4 Å². The maximum atomic E-state index is 12.6. The minimum atomic E-state index is -0.0165. The number of amides is 1. The van der Waals surface area contributed by atoms with Gasteiger partial charge in [0.05, 0.1) is 16.9 Å². The van der Waals surface area contributed by atoms with Crippen molar-refractivity contribution in [1.29, 1.82) is 0 Å². The quantitative estimate of drug-likeness (QED) is 0.337. The number of allylic oxidation sites excluding steroid dienone is 1. The lowest BCUT2D eigenvalue weighted by molar-refractivity contribution is 0.0949. The molecule has 3 heterocycles. The first kappa shape index (κ1) is 20.3. The highest BCUT2D eigenvalue weighted by atomic mass is 32.1. The van der Waals surface area contributed by atoms with Gasteiger partial charge in [-0.1, -0.05) is 25.3 Å². The van der Waals surface area contributed by atoms with E-state index in [9.17, 15) is 4.79 Å². The Hall–Kier alpha value is -3.64. The summed E-state index contributed by atoms with van der Waals surface area (Å²) in [5, 5.41) is 11.9. The van der Waals surface area contributed by atoms with Gasteiger partial charge in [-0.3, -0.25) is 4.79 Å². The molecule has 6 heteroatoms. The number of benzene rings is 2. The lowest BCUT2D eigenvalue weighted by atomic mass is 10.0. The van der Waals surface area contributed by atoms with Gasteiger partial charge in [0.25, 0.3) is 5.91 Å². The van der Waals surface area contributed by atoms with Crippen LogP contribution in [0.3, 0.4) is 0 Å². The zero-order chi connectivity index (χ0) is 22.4. The van der Waals surface area contributed by atoms with Crippen LogP contribution in [-0.4, -0.2) is 23.5 Å². The fourth-order valence-corrected chi connectivity index (χ4v) is 5.12. The van der Waals surface area contributed by atoms with Crippen LogP contribution in [0.1, 0.15) is 22.2 Å². The second kappa shape index (κ2) is 7.80. The van der Waals surface area contributed by atoms with Crippen molar-refractivity contribution in [3.63, 3.8) is 0 Å². The summed E-state index contributed by atoms with van der Waals surface area (Å²) in [5.74, 6) is -0.0165. The highest BCUT2D eigenvalue weighted by Gasteiger charge is 2.24. The number of carbonyl (C=O) groups excluding carboxylic acids is 1. The van der Waals surface area contributed by atoms with Gasteiger partial charge in [-0.05, 0) is 55.8 Å². The zero-order valence-electron chi connectivity index (χ0n) is 18.1. The van der Waals surface area contributed by atoms with Crippen molar-refractivity contribution in [2.45, 2.75) is 19.9 Å². The minimum Gasteiger partial charge on any atom is -0.381 e. The molecule has 2 aromatic carbocycles. The van der Waals surface area contributed by atoms with E-state index in [2.05, 4.69) is 66.4 Å². The van der Waals surface area contributed by atoms with Gasteiger partial charge in [0.2, 0.25) is 0 Å². The highest BCUT2D eigenvalue weighted by molar-refractivity contribution is 7.21. The average Bonchev–Trinajstić information content (AvgIpc) is 3.11. The third kappa shape index (κ3) is 3.42. The standard InChI is InChI=1S/C26H24N4OS/c1-5-15(3)28-21-12-17(7-6-14(21)2)19-9-8-18-20(30-19)10-11-22-23(18)24-25(32-22)26(31)29-16(4)13-27-24/h5-12,16,27-28H,1,3,13H2,2,4H3,(H,29,31)/t16-/m1/s1. The van der Waals surface area contributed by atoms with E-state index >= 15 is 0 Å². The minimum absolute atomic E-state index is 0.0165. The highest BCUT2D eigenvalue weighted by Crippen LogP contribution is 2.41. The van der Waals surface area contributed by atoms with Crippen LogP contribution < -0.4 is 16.0 Å². The molecule has 5 rings (SSSR count). The van der Waals surface area contributed by atoms with Gasteiger partial charge in [0.1, 0.15) is 4.88 Å². The fraction of sp³-hybridized carbons (Fsp3) is 0.154. The van der Waals surface area contributed by atoms with E-state index in [0.717, 1.165) is 59.8 Å². The van der Waals surface area contributed by atoms with E-state index in [1.807, 2.05) is 19.1 Å². The Morgan fingerprint density at radius 3 is 2.91 bits per heavy atom. The average molecular weight is 441 g/mol. The number of carbonyl (C=O) groups is 1. The van der Waals surface area contributed by atoms with Gasteiger partial charge in [-0.2, -0.15) is 0 Å². The molecule has 0 bridgehead atoms. The van der Waals surface area contributed by atoms with Crippen molar-refractivity contribution >= 4 is 49.6 Å². The van der Waals surface area contributed by atoms with E-state index in [-0.39, 0.29) is 11.9 Å². The molecule has 1 atom stereocenters. The lowest BCUT2D eigenvalue weighted by Gasteiger charge is -2.12. The fourth-order valence-electron chi connectivity index (χ4n) is 4.03. The first-order valence-corrected chi connectivity index (χ1v) is 11.4. The number of hydrogen-bond donors (Lipinski definition) is 3. The Kier molecular flexibility index (Phi) is 4.94. The Balaban J connectivity index is 1.62. The smallest absolute Gasteiger partial charge is 0.263 e. The molecule has 0 saturated heterocycles. The van der Waals surface area contributed by atoms with Crippen molar-refractivity contribution in [2.75, 3.05) is 17.2 Å². The maximum Gasteiger partial charge on any atom is 0.263 e. The Morgan fingerprint density at radius 1 is 1.25 bits per heavy atom. The zero-order valence-corrected chi connectivity index (χ0v) is 18.9. The second-order valence-corrected chi connectivity index (χ2v) is 9.20. The third-order valence-electron chi connectivity index (χ3n) is 5.77. The largest absolute Gasteiger partial charge is 0.381 e. The number of fused-ring (bicyclic) bond motifs is 5. The van der Waals surface area contributed by atoms with Crippen molar-refractivity contribution in [3.05, 3.63) is 77.8 Å². The van der Waals surface area contributed by atoms with Gasteiger partial charge in [0.15, 0.2) is 0 Å². The maximum absolute atomic E-state index is 12.6. The monoisotopic (exact) mass is 440 g/mol. The van der Waals surface area contributed by atoms with E-state index in [1.165, 1.54) is 11.3 Å². The van der Waals surface area contributed by atoms with E-state index in [4.69, 9.17) is 4.98 Å². The number of pyridine rings is 1. The topological polar surface area (TPSA) is 66.0 Å². The molecule has 0 radical (unpaired) electrons. The van der Waals surface area contributed by atoms with Gasteiger partial charge >= 0.3 is 0 Å². The van der Waals surface area contributed by atoms with Crippen LogP contribution in [0.5, 0.6) is 0 Å². The lowest BCUT2D eigenvalue weighted by Crippen LogP contribution is -2.34. The molecule has 1 aliphatic heterocycles. The molecular formula is C26H24N4OS. The molecule has 2 aromatic heterocycles. The number of hydrogen-bond acceptors (Lipinski definition) is 5. The van der Waals surface area contributed by atoms with Crippen LogP contribution in [0, 0.1) is 6.92 Å². The van der Waals surface area contributed by atoms with Gasteiger partial charge < -0.3 is 16.0 Å². The van der Waals surface area contributed by atoms with Crippen LogP contribution in [0.15, 0.2) is 67.4 Å². The summed E-state index contributed by atoms with van der Waals surface area (Å²) in [6.07, 6.45) is 1.70. The number of nitrogens with one attached hydrogen (secondary N) is 3. The molecule has 0 spiro atoms.